The van der Waals surface area contributed by atoms with Crippen LogP contribution in [0.5, 0.6) is 0 Å². The van der Waals surface area contributed by atoms with Gasteiger partial charge in [-0.05, 0) is 19.1 Å². The molecule has 0 saturated carbocycles. The fraction of sp³-hybridized carbons (Fsp3) is 0.400. The molecule has 1 amide bonds. The van der Waals surface area contributed by atoms with E-state index in [0.29, 0.717) is 0 Å². The van der Waals surface area contributed by atoms with Gasteiger partial charge in [-0.25, -0.2) is 22.4 Å². The Kier molecular flexibility index (Phi) is 7.65. The number of rotatable bonds is 3. The lowest BCUT2D eigenvalue weighted by molar-refractivity contribution is -0.159. The first kappa shape index (κ1) is 21.5. The molecule has 0 radical (unpaired) electrons. The monoisotopic (exact) mass is 390 g/mol. The van der Waals surface area contributed by atoms with Gasteiger partial charge in [0.25, 0.3) is 5.91 Å². The fourth-order valence-corrected chi connectivity index (χ4v) is 3.24. The van der Waals surface area contributed by atoms with Crippen LogP contribution in [0.3, 0.4) is 0 Å². The van der Waals surface area contributed by atoms with E-state index in [4.69, 9.17) is 19.8 Å². The molecule has 11 heteroatoms. The summed E-state index contributed by atoms with van der Waals surface area (Å²) >= 11 is 0. The third kappa shape index (κ3) is 5.77. The highest BCUT2D eigenvalue weighted by atomic mass is 32.2. The van der Waals surface area contributed by atoms with Gasteiger partial charge < -0.3 is 15.1 Å². The van der Waals surface area contributed by atoms with Crippen molar-refractivity contribution in [3.8, 4) is 0 Å². The number of carbonyl (C=O) groups is 3. The summed E-state index contributed by atoms with van der Waals surface area (Å²) in [6, 6.07) is 5.81. The van der Waals surface area contributed by atoms with E-state index in [9.17, 15) is 17.6 Å². The number of carboxylic acids is 2. The van der Waals surface area contributed by atoms with Gasteiger partial charge in [-0.2, -0.15) is 4.31 Å². The minimum Gasteiger partial charge on any atom is -0.473 e. The van der Waals surface area contributed by atoms with Gasteiger partial charge in [0.15, 0.2) is 0 Å². The normalized spacial score (nSPS) is 14.9. The van der Waals surface area contributed by atoms with Gasteiger partial charge in [0, 0.05) is 26.2 Å². The topological polar surface area (TPSA) is 132 Å². The Morgan fingerprint density at radius 1 is 1.04 bits per heavy atom. The second-order valence-electron chi connectivity index (χ2n) is 5.18. The molecule has 1 fully saturated rings. The number of hydrogen-bond acceptors (Lipinski definition) is 5. The number of piperazine rings is 1. The van der Waals surface area contributed by atoms with Crippen LogP contribution < -0.4 is 0 Å². The van der Waals surface area contributed by atoms with Crippen LogP contribution in [0.2, 0.25) is 0 Å². The number of sulfonamides is 1. The van der Waals surface area contributed by atoms with Crippen molar-refractivity contribution in [3.63, 3.8) is 0 Å². The highest BCUT2D eigenvalue weighted by Gasteiger charge is 2.28. The lowest BCUT2D eigenvalue weighted by atomic mass is 10.1. The zero-order chi connectivity index (χ0) is 19.9. The average molecular weight is 390 g/mol. The first-order valence-corrected chi connectivity index (χ1v) is 9.19. The summed E-state index contributed by atoms with van der Waals surface area (Å²) in [4.78, 5) is 31.8. The van der Waals surface area contributed by atoms with Gasteiger partial charge in [-0.3, -0.25) is 4.79 Å². The summed E-state index contributed by atoms with van der Waals surface area (Å²) in [6.07, 6.45) is 0. The SMILES string of the molecule is CCS(=O)(=O)N1CCN(C(=O)c2ccccc2F)CC1.O=C(O)C(=O)O. The highest BCUT2D eigenvalue weighted by molar-refractivity contribution is 7.89. The van der Waals surface area contributed by atoms with Crippen molar-refractivity contribution in [1.82, 2.24) is 9.21 Å². The van der Waals surface area contributed by atoms with Crippen LogP contribution in [-0.2, 0) is 19.6 Å². The molecule has 26 heavy (non-hydrogen) atoms. The quantitative estimate of drug-likeness (QED) is 0.699. The minimum absolute atomic E-state index is 0.0271. The molecule has 1 aliphatic heterocycles. The van der Waals surface area contributed by atoms with E-state index in [1.807, 2.05) is 0 Å². The smallest absolute Gasteiger partial charge is 0.414 e. The zero-order valence-corrected chi connectivity index (χ0v) is 14.8. The number of benzene rings is 1. The van der Waals surface area contributed by atoms with Gasteiger partial charge in [0.1, 0.15) is 5.82 Å². The molecule has 0 spiro atoms. The molecular formula is C15H19FN2O7S. The number of amides is 1. The average Bonchev–Trinajstić information content (AvgIpc) is 2.62. The number of halogens is 1. The van der Waals surface area contributed by atoms with E-state index < -0.39 is 33.7 Å². The van der Waals surface area contributed by atoms with Gasteiger partial charge >= 0.3 is 11.9 Å². The largest absolute Gasteiger partial charge is 0.473 e. The molecule has 2 rings (SSSR count). The molecule has 0 atom stereocenters. The molecule has 1 aromatic carbocycles. The molecule has 1 aromatic rings. The summed E-state index contributed by atoms with van der Waals surface area (Å²) in [5.74, 6) is -4.54. The Labute approximate surface area is 149 Å². The summed E-state index contributed by atoms with van der Waals surface area (Å²) in [6.45, 7) is 2.68. The highest BCUT2D eigenvalue weighted by Crippen LogP contribution is 2.14. The molecule has 1 saturated heterocycles. The molecule has 0 unspecified atom stereocenters. The molecule has 2 N–H and O–H groups in total. The first-order valence-electron chi connectivity index (χ1n) is 7.58. The molecule has 1 heterocycles. The molecule has 0 aliphatic carbocycles. The van der Waals surface area contributed by atoms with Crippen LogP contribution in [-0.4, -0.2) is 77.6 Å². The van der Waals surface area contributed by atoms with Crippen LogP contribution in [0.4, 0.5) is 4.39 Å². The van der Waals surface area contributed by atoms with Crippen molar-refractivity contribution >= 4 is 27.9 Å². The molecule has 0 aromatic heterocycles. The van der Waals surface area contributed by atoms with E-state index in [2.05, 4.69) is 0 Å². The third-order valence-electron chi connectivity index (χ3n) is 3.57. The molecule has 9 nitrogen and oxygen atoms in total. The first-order chi connectivity index (χ1) is 12.1. The maximum absolute atomic E-state index is 13.6. The van der Waals surface area contributed by atoms with E-state index >= 15 is 0 Å². The number of hydrogen-bond donors (Lipinski definition) is 2. The molecule has 0 bridgehead atoms. The zero-order valence-electron chi connectivity index (χ0n) is 14.0. The van der Waals surface area contributed by atoms with E-state index in [-0.39, 0.29) is 37.5 Å². The standard InChI is InChI=1S/C13H17FN2O3S.C2H2O4/c1-2-20(18,19)16-9-7-15(8-10-16)13(17)11-5-3-4-6-12(11)14;3-1(4)2(5)6/h3-6H,2,7-10H2,1H3;(H,3,4)(H,5,6). The Hall–Kier alpha value is -2.53. The fourth-order valence-electron chi connectivity index (χ4n) is 2.16. The van der Waals surface area contributed by atoms with Gasteiger partial charge in [0.2, 0.25) is 10.0 Å². The van der Waals surface area contributed by atoms with Crippen LogP contribution in [0.15, 0.2) is 24.3 Å². The number of carboxylic acid groups (broad SMARTS) is 2. The summed E-state index contributed by atoms with van der Waals surface area (Å²) in [7, 11) is -3.22. The van der Waals surface area contributed by atoms with Crippen molar-refractivity contribution in [2.24, 2.45) is 0 Å². The Morgan fingerprint density at radius 3 is 1.96 bits per heavy atom. The maximum Gasteiger partial charge on any atom is 0.414 e. The van der Waals surface area contributed by atoms with E-state index in [1.54, 1.807) is 13.0 Å². The number of nitrogens with zero attached hydrogens (tertiary/aromatic N) is 2. The lowest BCUT2D eigenvalue weighted by Gasteiger charge is -2.33. The summed E-state index contributed by atoms with van der Waals surface area (Å²) in [5.41, 5.74) is 0.0271. The van der Waals surface area contributed by atoms with Crippen molar-refractivity contribution in [3.05, 3.63) is 35.6 Å². The van der Waals surface area contributed by atoms with Gasteiger partial charge in [0.05, 0.1) is 11.3 Å². The predicted molar refractivity (Wildman–Crippen MR) is 88.6 cm³/mol. The van der Waals surface area contributed by atoms with Crippen LogP contribution >= 0.6 is 0 Å². The number of carbonyl (C=O) groups excluding carboxylic acids is 1. The summed E-state index contributed by atoms with van der Waals surface area (Å²) in [5, 5.41) is 14.8. The lowest BCUT2D eigenvalue weighted by Crippen LogP contribution is -2.51. The van der Waals surface area contributed by atoms with E-state index in [1.165, 1.54) is 27.4 Å². The molecule has 1 aliphatic rings. The molecular weight excluding hydrogens is 371 g/mol. The Balaban J connectivity index is 0.000000487. The third-order valence-corrected chi connectivity index (χ3v) is 5.45. The Morgan fingerprint density at radius 2 is 1.54 bits per heavy atom. The predicted octanol–water partition coefficient (Wildman–Crippen LogP) is 0.0888. The molecule has 144 valence electrons. The van der Waals surface area contributed by atoms with Crippen LogP contribution in [0, 0.1) is 5.82 Å². The van der Waals surface area contributed by atoms with Gasteiger partial charge in [-0.1, -0.05) is 12.1 Å². The van der Waals surface area contributed by atoms with Crippen molar-refractivity contribution in [2.75, 3.05) is 31.9 Å². The van der Waals surface area contributed by atoms with Crippen molar-refractivity contribution in [1.29, 1.82) is 0 Å². The van der Waals surface area contributed by atoms with Crippen LogP contribution in [0.25, 0.3) is 0 Å². The van der Waals surface area contributed by atoms with Gasteiger partial charge in [-0.15, -0.1) is 0 Å². The Bertz CT molecular complexity index is 762. The summed E-state index contributed by atoms with van der Waals surface area (Å²) < 4.78 is 38.4. The second-order valence-corrected chi connectivity index (χ2v) is 7.44. The van der Waals surface area contributed by atoms with Crippen molar-refractivity contribution < 1.29 is 37.4 Å². The number of aliphatic carboxylic acids is 2. The van der Waals surface area contributed by atoms with Crippen molar-refractivity contribution in [2.45, 2.75) is 6.92 Å². The minimum atomic E-state index is -3.22. The van der Waals surface area contributed by atoms with E-state index in [0.717, 1.165) is 0 Å². The van der Waals surface area contributed by atoms with Crippen LogP contribution in [0.1, 0.15) is 17.3 Å². The second kappa shape index (κ2) is 9.25. The maximum atomic E-state index is 13.6.